The van der Waals surface area contributed by atoms with E-state index < -0.39 is 0 Å². The van der Waals surface area contributed by atoms with E-state index in [1.54, 1.807) is 31.2 Å². The number of carbonyl (C=O) groups excluding carboxylic acids is 2. The van der Waals surface area contributed by atoms with Crippen LogP contribution in [-0.4, -0.2) is 43.1 Å². The molecule has 1 aliphatic heterocycles. The Morgan fingerprint density at radius 3 is 2.81 bits per heavy atom. The highest BCUT2D eigenvalue weighted by Crippen LogP contribution is 2.26. The van der Waals surface area contributed by atoms with E-state index in [2.05, 4.69) is 20.7 Å². The first-order valence-electron chi connectivity index (χ1n) is 8.16. The van der Waals surface area contributed by atoms with Crippen molar-refractivity contribution in [2.75, 3.05) is 31.2 Å². The molecule has 2 aromatic rings. The molecule has 3 rings (SSSR count). The highest BCUT2D eigenvalue weighted by molar-refractivity contribution is 7.17. The number of hydrazine groups is 1. The van der Waals surface area contributed by atoms with Gasteiger partial charge in [0.2, 0.25) is 5.91 Å². The van der Waals surface area contributed by atoms with Gasteiger partial charge in [-0.3, -0.25) is 20.4 Å². The number of amides is 2. The normalized spacial score (nSPS) is 14.2. The number of nitrogens with one attached hydrogen (secondary N) is 2. The third-order valence-electron chi connectivity index (χ3n) is 3.84. The number of benzene rings is 1. The summed E-state index contributed by atoms with van der Waals surface area (Å²) in [6.07, 6.45) is 0.127. The Bertz CT molecular complexity index is 805. The molecule has 9 heteroatoms. The van der Waals surface area contributed by atoms with Gasteiger partial charge in [0.05, 0.1) is 25.3 Å². The smallest absolute Gasteiger partial charge is 0.281 e. The number of hydrogen-bond donors (Lipinski definition) is 2. The van der Waals surface area contributed by atoms with Gasteiger partial charge in [0.1, 0.15) is 4.88 Å². The van der Waals surface area contributed by atoms with E-state index in [1.807, 2.05) is 0 Å². The largest absolute Gasteiger partial charge is 0.378 e. The zero-order valence-electron chi connectivity index (χ0n) is 14.3. The summed E-state index contributed by atoms with van der Waals surface area (Å²) >= 11 is 7.21. The van der Waals surface area contributed by atoms with Gasteiger partial charge in [0, 0.05) is 18.1 Å². The SMILES string of the molecule is Cc1nc(N2CCOCC2)sc1C(=O)NNC(=O)Cc1cccc(Cl)c1. The first-order chi connectivity index (χ1) is 12.5. The molecule has 0 atom stereocenters. The molecule has 26 heavy (non-hydrogen) atoms. The monoisotopic (exact) mass is 394 g/mol. The number of halogens is 1. The zero-order valence-corrected chi connectivity index (χ0v) is 15.8. The minimum Gasteiger partial charge on any atom is -0.378 e. The molecular weight excluding hydrogens is 376 g/mol. The molecular formula is C17H19ClN4O3S. The predicted octanol–water partition coefficient (Wildman–Crippen LogP) is 1.95. The van der Waals surface area contributed by atoms with Gasteiger partial charge >= 0.3 is 0 Å². The minimum atomic E-state index is -0.376. The number of carbonyl (C=O) groups is 2. The van der Waals surface area contributed by atoms with Crippen molar-refractivity contribution in [3.8, 4) is 0 Å². The van der Waals surface area contributed by atoms with Crippen LogP contribution < -0.4 is 15.8 Å². The first kappa shape index (κ1) is 18.6. The molecule has 2 amide bonds. The van der Waals surface area contributed by atoms with Crippen molar-refractivity contribution in [3.05, 3.63) is 45.4 Å². The fourth-order valence-electron chi connectivity index (χ4n) is 2.54. The average molecular weight is 395 g/mol. The number of rotatable bonds is 4. The van der Waals surface area contributed by atoms with Gasteiger partial charge in [0.25, 0.3) is 5.91 Å². The highest BCUT2D eigenvalue weighted by atomic mass is 35.5. The molecule has 0 unspecified atom stereocenters. The number of anilines is 1. The van der Waals surface area contributed by atoms with Crippen LogP contribution >= 0.6 is 22.9 Å². The summed E-state index contributed by atoms with van der Waals surface area (Å²) < 4.78 is 5.33. The number of thiazole rings is 1. The third kappa shape index (κ3) is 4.72. The summed E-state index contributed by atoms with van der Waals surface area (Å²) in [7, 11) is 0. The molecule has 0 spiro atoms. The quantitative estimate of drug-likeness (QED) is 0.774. The van der Waals surface area contributed by atoms with Crippen LogP contribution in [0.1, 0.15) is 20.9 Å². The number of morpholine rings is 1. The maximum absolute atomic E-state index is 12.4. The van der Waals surface area contributed by atoms with Gasteiger partial charge in [-0.1, -0.05) is 35.1 Å². The summed E-state index contributed by atoms with van der Waals surface area (Å²) in [5.74, 6) is -0.699. The van der Waals surface area contributed by atoms with E-state index in [4.69, 9.17) is 16.3 Å². The predicted molar refractivity (Wildman–Crippen MR) is 101 cm³/mol. The van der Waals surface area contributed by atoms with Crippen LogP contribution in [0.15, 0.2) is 24.3 Å². The number of aryl methyl sites for hydroxylation is 1. The molecule has 1 saturated heterocycles. The summed E-state index contributed by atoms with van der Waals surface area (Å²) in [4.78, 5) is 31.4. The Balaban J connectivity index is 1.56. The van der Waals surface area contributed by atoms with Crippen LogP contribution in [0.2, 0.25) is 5.02 Å². The van der Waals surface area contributed by atoms with Crippen LogP contribution in [0, 0.1) is 6.92 Å². The third-order valence-corrected chi connectivity index (χ3v) is 5.29. The number of aromatic nitrogens is 1. The molecule has 1 aliphatic rings. The van der Waals surface area contributed by atoms with Crippen LogP contribution in [0.3, 0.4) is 0 Å². The van der Waals surface area contributed by atoms with E-state index in [0.717, 1.165) is 23.8 Å². The molecule has 138 valence electrons. The minimum absolute atomic E-state index is 0.127. The Morgan fingerprint density at radius 1 is 1.31 bits per heavy atom. The van der Waals surface area contributed by atoms with Crippen molar-refractivity contribution in [3.63, 3.8) is 0 Å². The van der Waals surface area contributed by atoms with Crippen molar-refractivity contribution in [1.29, 1.82) is 0 Å². The molecule has 7 nitrogen and oxygen atoms in total. The lowest BCUT2D eigenvalue weighted by atomic mass is 10.1. The van der Waals surface area contributed by atoms with Crippen molar-refractivity contribution >= 4 is 39.9 Å². The maximum atomic E-state index is 12.4. The van der Waals surface area contributed by atoms with Gasteiger partial charge in [-0.2, -0.15) is 0 Å². The van der Waals surface area contributed by atoms with Crippen molar-refractivity contribution in [2.45, 2.75) is 13.3 Å². The lowest BCUT2D eigenvalue weighted by Crippen LogP contribution is -2.42. The van der Waals surface area contributed by atoms with Crippen LogP contribution in [0.4, 0.5) is 5.13 Å². The fraction of sp³-hybridized carbons (Fsp3) is 0.353. The molecule has 1 aromatic carbocycles. The molecule has 1 fully saturated rings. The van der Waals surface area contributed by atoms with Crippen molar-refractivity contribution in [2.24, 2.45) is 0 Å². The van der Waals surface area contributed by atoms with Gasteiger partial charge < -0.3 is 9.64 Å². The van der Waals surface area contributed by atoms with Crippen LogP contribution in [0.25, 0.3) is 0 Å². The lowest BCUT2D eigenvalue weighted by molar-refractivity contribution is -0.121. The summed E-state index contributed by atoms with van der Waals surface area (Å²) in [5, 5.41) is 1.36. The Labute approximate surface area is 160 Å². The number of hydrogen-bond acceptors (Lipinski definition) is 6. The van der Waals surface area contributed by atoms with Crippen molar-refractivity contribution in [1.82, 2.24) is 15.8 Å². The second-order valence-electron chi connectivity index (χ2n) is 5.82. The molecule has 2 N–H and O–H groups in total. The topological polar surface area (TPSA) is 83.6 Å². The second kappa shape index (κ2) is 8.48. The second-order valence-corrected chi connectivity index (χ2v) is 7.23. The molecule has 1 aromatic heterocycles. The van der Waals surface area contributed by atoms with Gasteiger partial charge in [-0.05, 0) is 24.6 Å². The zero-order chi connectivity index (χ0) is 18.5. The first-order valence-corrected chi connectivity index (χ1v) is 9.36. The van der Waals surface area contributed by atoms with E-state index in [-0.39, 0.29) is 18.2 Å². The standard InChI is InChI=1S/C17H19ClN4O3S/c1-11-15(26-17(19-11)22-5-7-25-8-6-22)16(24)21-20-14(23)10-12-3-2-4-13(18)9-12/h2-4,9H,5-8,10H2,1H3,(H,20,23)(H,21,24). The van der Waals surface area contributed by atoms with Gasteiger partial charge in [-0.15, -0.1) is 0 Å². The number of ether oxygens (including phenoxy) is 1. The average Bonchev–Trinajstić information content (AvgIpc) is 3.02. The Kier molecular flexibility index (Phi) is 6.08. The van der Waals surface area contributed by atoms with Crippen molar-refractivity contribution < 1.29 is 14.3 Å². The molecule has 0 bridgehead atoms. The Morgan fingerprint density at radius 2 is 2.08 bits per heavy atom. The summed E-state index contributed by atoms with van der Waals surface area (Å²) in [5.41, 5.74) is 6.28. The molecule has 0 radical (unpaired) electrons. The molecule has 0 aliphatic carbocycles. The van der Waals surface area contributed by atoms with E-state index >= 15 is 0 Å². The summed E-state index contributed by atoms with van der Waals surface area (Å²) in [6, 6.07) is 7.03. The number of nitrogens with zero attached hydrogens (tertiary/aromatic N) is 2. The fourth-order valence-corrected chi connectivity index (χ4v) is 3.77. The van der Waals surface area contributed by atoms with E-state index in [0.29, 0.717) is 28.8 Å². The highest BCUT2D eigenvalue weighted by Gasteiger charge is 2.20. The molecule has 2 heterocycles. The molecule has 0 saturated carbocycles. The summed E-state index contributed by atoms with van der Waals surface area (Å²) in [6.45, 7) is 4.59. The van der Waals surface area contributed by atoms with E-state index in [9.17, 15) is 9.59 Å². The lowest BCUT2D eigenvalue weighted by Gasteiger charge is -2.25. The van der Waals surface area contributed by atoms with Gasteiger partial charge in [-0.25, -0.2) is 4.98 Å². The maximum Gasteiger partial charge on any atom is 0.281 e. The van der Waals surface area contributed by atoms with Crippen LogP contribution in [0.5, 0.6) is 0 Å². The Hall–Kier alpha value is -2.16. The van der Waals surface area contributed by atoms with E-state index in [1.165, 1.54) is 11.3 Å². The van der Waals surface area contributed by atoms with Crippen LogP contribution in [-0.2, 0) is 16.0 Å². The van der Waals surface area contributed by atoms with Gasteiger partial charge in [0.15, 0.2) is 5.13 Å².